The summed E-state index contributed by atoms with van der Waals surface area (Å²) in [4.78, 5) is 0. The molecule has 2 rings (SSSR count). The Labute approximate surface area is 102 Å². The normalized spacial score (nSPS) is 16.7. The molecule has 1 fully saturated rings. The Hall–Kier alpha value is -1.63. The van der Waals surface area contributed by atoms with Gasteiger partial charge in [-0.3, -0.25) is 0 Å². The summed E-state index contributed by atoms with van der Waals surface area (Å²) in [7, 11) is 0. The highest BCUT2D eigenvalue weighted by molar-refractivity contribution is 5.28. The number of nitrogens with zero attached hydrogens (tertiary/aromatic N) is 4. The molecule has 0 bridgehead atoms. The lowest BCUT2D eigenvalue weighted by atomic mass is 9.86. The summed E-state index contributed by atoms with van der Waals surface area (Å²) in [5, 5.41) is 17.2. The van der Waals surface area contributed by atoms with Crippen LogP contribution < -0.4 is 0 Å². The van der Waals surface area contributed by atoms with Crippen molar-refractivity contribution in [1.29, 1.82) is 5.26 Å². The van der Waals surface area contributed by atoms with E-state index >= 15 is 0 Å². The van der Waals surface area contributed by atoms with E-state index in [0.29, 0.717) is 18.2 Å². The van der Waals surface area contributed by atoms with Crippen LogP contribution in [0.1, 0.15) is 56.3 Å². The smallest absolute Gasteiger partial charge is 0.186 e. The van der Waals surface area contributed by atoms with Gasteiger partial charge in [-0.2, -0.15) is 5.26 Å². The molecule has 0 atom stereocenters. The number of hydrogen-bond acceptors (Lipinski definition) is 3. The molecule has 4 nitrogen and oxygen atoms in total. The van der Waals surface area contributed by atoms with Gasteiger partial charge in [-0.1, -0.05) is 36.6 Å². The van der Waals surface area contributed by atoms with Crippen LogP contribution in [0.4, 0.5) is 0 Å². The Morgan fingerprint density at radius 2 is 2.18 bits per heavy atom. The van der Waals surface area contributed by atoms with E-state index in [1.165, 1.54) is 19.3 Å². The van der Waals surface area contributed by atoms with Crippen LogP contribution in [0.5, 0.6) is 0 Å². The second kappa shape index (κ2) is 5.13. The third-order valence-electron chi connectivity index (χ3n) is 3.29. The zero-order valence-corrected chi connectivity index (χ0v) is 10.3. The van der Waals surface area contributed by atoms with Crippen molar-refractivity contribution in [1.82, 2.24) is 15.0 Å². The first-order chi connectivity index (χ1) is 8.22. The molecule has 1 heterocycles. The van der Waals surface area contributed by atoms with Crippen molar-refractivity contribution in [3.05, 3.63) is 23.5 Å². The maximum atomic E-state index is 9.11. The Morgan fingerprint density at radius 3 is 2.76 bits per heavy atom. The predicted molar refractivity (Wildman–Crippen MR) is 65.4 cm³/mol. The first kappa shape index (κ1) is 11.8. The molecule has 0 radical (unpaired) electrons. The van der Waals surface area contributed by atoms with E-state index < -0.39 is 0 Å². The maximum absolute atomic E-state index is 9.11. The van der Waals surface area contributed by atoms with E-state index in [9.17, 15) is 0 Å². The van der Waals surface area contributed by atoms with Crippen LogP contribution in [0.25, 0.3) is 0 Å². The Kier molecular flexibility index (Phi) is 3.58. The summed E-state index contributed by atoms with van der Waals surface area (Å²) < 4.78 is 1.86. The molecule has 0 aromatic carbocycles. The van der Waals surface area contributed by atoms with Crippen LogP contribution in [-0.4, -0.2) is 15.0 Å². The van der Waals surface area contributed by atoms with Gasteiger partial charge < -0.3 is 0 Å². The summed E-state index contributed by atoms with van der Waals surface area (Å²) >= 11 is 0. The standard InChI is InChI=1S/C13H18N4/c1-10(2)9-17-13(12(8-14)15-16-17)11-6-4-3-5-7-11/h11H,1,3-7,9H2,2H3. The average Bonchev–Trinajstić information content (AvgIpc) is 2.72. The van der Waals surface area contributed by atoms with Gasteiger partial charge in [0.25, 0.3) is 0 Å². The highest BCUT2D eigenvalue weighted by Gasteiger charge is 2.24. The molecule has 4 heteroatoms. The molecular formula is C13H18N4. The highest BCUT2D eigenvalue weighted by atomic mass is 15.4. The van der Waals surface area contributed by atoms with Crippen LogP contribution >= 0.6 is 0 Å². The molecule has 0 aliphatic heterocycles. The number of allylic oxidation sites excluding steroid dienone is 1. The summed E-state index contributed by atoms with van der Waals surface area (Å²) in [5.41, 5.74) is 2.56. The van der Waals surface area contributed by atoms with Gasteiger partial charge in [-0.25, -0.2) is 4.68 Å². The van der Waals surface area contributed by atoms with Crippen molar-refractivity contribution >= 4 is 0 Å². The van der Waals surface area contributed by atoms with Crippen LogP contribution in [0, 0.1) is 11.3 Å². The largest absolute Gasteiger partial charge is 0.244 e. The zero-order chi connectivity index (χ0) is 12.3. The van der Waals surface area contributed by atoms with Crippen LogP contribution in [0.2, 0.25) is 0 Å². The minimum atomic E-state index is 0.452. The maximum Gasteiger partial charge on any atom is 0.186 e. The summed E-state index contributed by atoms with van der Waals surface area (Å²) in [6.45, 7) is 6.54. The molecular weight excluding hydrogens is 212 g/mol. The van der Waals surface area contributed by atoms with Gasteiger partial charge in [0, 0.05) is 5.92 Å². The number of nitriles is 1. The minimum absolute atomic E-state index is 0.452. The van der Waals surface area contributed by atoms with Gasteiger partial charge in [0.1, 0.15) is 6.07 Å². The van der Waals surface area contributed by atoms with E-state index in [0.717, 1.165) is 24.1 Å². The summed E-state index contributed by atoms with van der Waals surface area (Å²) in [6.07, 6.45) is 6.10. The van der Waals surface area contributed by atoms with Gasteiger partial charge >= 0.3 is 0 Å². The van der Waals surface area contributed by atoms with E-state index in [2.05, 4.69) is 23.0 Å². The fourth-order valence-corrected chi connectivity index (χ4v) is 2.55. The Bertz CT molecular complexity index is 446. The lowest BCUT2D eigenvalue weighted by Gasteiger charge is -2.22. The lowest BCUT2D eigenvalue weighted by Crippen LogP contribution is -2.13. The van der Waals surface area contributed by atoms with Crippen molar-refractivity contribution in [3.63, 3.8) is 0 Å². The first-order valence-electron chi connectivity index (χ1n) is 6.20. The average molecular weight is 230 g/mol. The minimum Gasteiger partial charge on any atom is -0.244 e. The second-order valence-corrected chi connectivity index (χ2v) is 4.88. The lowest BCUT2D eigenvalue weighted by molar-refractivity contribution is 0.418. The zero-order valence-electron chi connectivity index (χ0n) is 10.3. The van der Waals surface area contributed by atoms with Crippen molar-refractivity contribution in [3.8, 4) is 6.07 Å². The molecule has 1 aromatic rings. The topological polar surface area (TPSA) is 54.5 Å². The van der Waals surface area contributed by atoms with Gasteiger partial charge in [-0.05, 0) is 19.8 Å². The van der Waals surface area contributed by atoms with Crippen molar-refractivity contribution in [2.75, 3.05) is 0 Å². The Balaban J connectivity index is 2.31. The highest BCUT2D eigenvalue weighted by Crippen LogP contribution is 2.33. The quantitative estimate of drug-likeness (QED) is 0.750. The van der Waals surface area contributed by atoms with Crippen molar-refractivity contribution in [2.45, 2.75) is 51.5 Å². The van der Waals surface area contributed by atoms with Crippen LogP contribution in [0.3, 0.4) is 0 Å². The first-order valence-corrected chi connectivity index (χ1v) is 6.20. The molecule has 0 N–H and O–H groups in total. The van der Waals surface area contributed by atoms with E-state index in [4.69, 9.17) is 5.26 Å². The van der Waals surface area contributed by atoms with Gasteiger partial charge in [-0.15, -0.1) is 5.10 Å². The molecule has 1 saturated carbocycles. The molecule has 0 spiro atoms. The molecule has 90 valence electrons. The van der Waals surface area contributed by atoms with Gasteiger partial charge in [0.15, 0.2) is 5.69 Å². The van der Waals surface area contributed by atoms with E-state index in [-0.39, 0.29) is 0 Å². The molecule has 17 heavy (non-hydrogen) atoms. The third kappa shape index (κ3) is 2.55. The van der Waals surface area contributed by atoms with Crippen molar-refractivity contribution in [2.24, 2.45) is 0 Å². The molecule has 0 unspecified atom stereocenters. The van der Waals surface area contributed by atoms with E-state index in [1.807, 2.05) is 11.6 Å². The van der Waals surface area contributed by atoms with E-state index in [1.54, 1.807) is 0 Å². The molecule has 1 aliphatic carbocycles. The molecule has 0 amide bonds. The predicted octanol–water partition coefficient (Wildman–Crippen LogP) is 2.77. The van der Waals surface area contributed by atoms with Crippen molar-refractivity contribution < 1.29 is 0 Å². The van der Waals surface area contributed by atoms with Gasteiger partial charge in [0.05, 0.1) is 12.2 Å². The molecule has 0 saturated heterocycles. The number of aromatic nitrogens is 3. The summed E-state index contributed by atoms with van der Waals surface area (Å²) in [5.74, 6) is 0.452. The SMILES string of the molecule is C=C(C)Cn1nnc(C#N)c1C1CCCCC1. The monoisotopic (exact) mass is 230 g/mol. The Morgan fingerprint density at radius 1 is 1.47 bits per heavy atom. The summed E-state index contributed by atoms with van der Waals surface area (Å²) in [6, 6.07) is 2.16. The number of rotatable bonds is 3. The second-order valence-electron chi connectivity index (χ2n) is 4.88. The van der Waals surface area contributed by atoms with Crippen LogP contribution in [0.15, 0.2) is 12.2 Å². The third-order valence-corrected chi connectivity index (χ3v) is 3.29. The van der Waals surface area contributed by atoms with Gasteiger partial charge in [0.2, 0.25) is 0 Å². The fraction of sp³-hybridized carbons (Fsp3) is 0.615. The number of hydrogen-bond donors (Lipinski definition) is 0. The fourth-order valence-electron chi connectivity index (χ4n) is 2.55. The van der Waals surface area contributed by atoms with Crippen LogP contribution in [-0.2, 0) is 6.54 Å². The molecule has 1 aliphatic rings. The molecule has 1 aromatic heterocycles.